The van der Waals surface area contributed by atoms with Crippen molar-refractivity contribution in [3.8, 4) is 0 Å². The predicted molar refractivity (Wildman–Crippen MR) is 92.2 cm³/mol. The summed E-state index contributed by atoms with van der Waals surface area (Å²) in [6.45, 7) is -0.843. The molecule has 0 unspecified atom stereocenters. The molecule has 0 radical (unpaired) electrons. The van der Waals surface area contributed by atoms with Gasteiger partial charge in [-0.25, -0.2) is 4.39 Å². The van der Waals surface area contributed by atoms with Gasteiger partial charge in [0.15, 0.2) is 0 Å². The summed E-state index contributed by atoms with van der Waals surface area (Å²) in [6.07, 6.45) is -0.704. The van der Waals surface area contributed by atoms with Gasteiger partial charge in [0, 0.05) is 20.2 Å². The average molecular weight is 596 g/mol. The second-order valence-corrected chi connectivity index (χ2v) is 8.09. The molecule has 0 heterocycles. The molecule has 0 saturated heterocycles. The Hall–Kier alpha value is -0.990. The topological polar surface area (TPSA) is 29.1 Å². The largest absolute Gasteiger partial charge is 0.382 e. The number of carbonyl (C=O) groups is 1. The Morgan fingerprint density at radius 1 is 0.893 bits per heavy atom. The standard InChI is InChI=1S/C15H8BrF9INO/c16-8-3-1-7(2-4-8)10(28)27-6-9(26)5-11(17)12(18,19)14(22,23)15(24,25)13(11,20)21/h1-5H,6H2,(H,27,28). The zero-order valence-corrected chi connectivity index (χ0v) is 16.9. The van der Waals surface area contributed by atoms with Crippen LogP contribution in [0.3, 0.4) is 0 Å². The van der Waals surface area contributed by atoms with Crippen LogP contribution in [0.4, 0.5) is 39.5 Å². The molecule has 28 heavy (non-hydrogen) atoms. The molecular formula is C15H8BrF9INO. The first-order valence-electron chi connectivity index (χ1n) is 7.14. The lowest BCUT2D eigenvalue weighted by Crippen LogP contribution is -2.53. The third kappa shape index (κ3) is 3.12. The van der Waals surface area contributed by atoms with Crippen molar-refractivity contribution in [2.24, 2.45) is 0 Å². The lowest BCUT2D eigenvalue weighted by Gasteiger charge is -2.28. The molecule has 156 valence electrons. The normalized spacial score (nSPS) is 24.0. The van der Waals surface area contributed by atoms with Gasteiger partial charge >= 0.3 is 23.7 Å². The van der Waals surface area contributed by atoms with E-state index in [0.29, 0.717) is 4.47 Å². The van der Waals surface area contributed by atoms with E-state index in [9.17, 15) is 44.3 Å². The number of nitrogens with one attached hydrogen (secondary N) is 1. The number of rotatable bonds is 4. The van der Waals surface area contributed by atoms with Gasteiger partial charge in [-0.1, -0.05) is 15.9 Å². The monoisotopic (exact) mass is 595 g/mol. The van der Waals surface area contributed by atoms with Gasteiger partial charge in [-0.2, -0.15) is 35.1 Å². The molecule has 1 aliphatic carbocycles. The SMILES string of the molecule is O=C(NCC(I)=CC1(F)C(F)(F)C(F)(F)C(F)(F)C1(F)F)c1ccc(Br)cc1. The van der Waals surface area contributed by atoms with Crippen molar-refractivity contribution < 1.29 is 44.3 Å². The summed E-state index contributed by atoms with van der Waals surface area (Å²) in [7, 11) is 0. The Morgan fingerprint density at radius 2 is 1.32 bits per heavy atom. The molecule has 2 nitrogen and oxygen atoms in total. The van der Waals surface area contributed by atoms with E-state index in [2.05, 4.69) is 15.9 Å². The number of halogens is 11. The molecule has 0 bridgehead atoms. The summed E-state index contributed by atoms with van der Waals surface area (Å²) in [6, 6.07) is 5.59. The summed E-state index contributed by atoms with van der Waals surface area (Å²) in [4.78, 5) is 11.9. The van der Waals surface area contributed by atoms with E-state index in [1.54, 1.807) is 0 Å². The first-order valence-corrected chi connectivity index (χ1v) is 9.01. The summed E-state index contributed by atoms with van der Waals surface area (Å²) in [5, 5.41) is 2.04. The number of carbonyl (C=O) groups excluding carboxylic acids is 1. The van der Waals surface area contributed by atoms with Gasteiger partial charge in [0.2, 0.25) is 0 Å². The van der Waals surface area contributed by atoms with Crippen LogP contribution in [-0.4, -0.2) is 41.8 Å². The molecule has 1 amide bonds. The second kappa shape index (κ2) is 7.06. The predicted octanol–water partition coefficient (Wildman–Crippen LogP) is 5.76. The first-order chi connectivity index (χ1) is 12.5. The van der Waals surface area contributed by atoms with Crippen LogP contribution in [0.15, 0.2) is 38.4 Å². The molecule has 0 aromatic heterocycles. The van der Waals surface area contributed by atoms with Crippen molar-refractivity contribution in [1.82, 2.24) is 5.32 Å². The molecule has 2 rings (SSSR count). The van der Waals surface area contributed by atoms with E-state index in [-0.39, 0.29) is 5.56 Å². The van der Waals surface area contributed by atoms with Gasteiger partial charge in [-0.15, -0.1) is 0 Å². The van der Waals surface area contributed by atoms with E-state index in [4.69, 9.17) is 0 Å². The molecule has 13 heteroatoms. The summed E-state index contributed by atoms with van der Waals surface area (Å²) in [5.41, 5.74) is -5.62. The fraction of sp³-hybridized carbons (Fsp3) is 0.400. The minimum atomic E-state index is -6.63. The molecule has 1 saturated carbocycles. The van der Waals surface area contributed by atoms with Crippen molar-refractivity contribution >= 4 is 44.4 Å². The van der Waals surface area contributed by atoms with Gasteiger partial charge in [0.05, 0.1) is 0 Å². The molecule has 0 aliphatic heterocycles. The van der Waals surface area contributed by atoms with E-state index < -0.39 is 51.5 Å². The van der Waals surface area contributed by atoms with Gasteiger partial charge in [0.1, 0.15) is 0 Å². The average Bonchev–Trinajstić information content (AvgIpc) is 2.63. The van der Waals surface area contributed by atoms with Gasteiger partial charge < -0.3 is 5.32 Å². The minimum Gasteiger partial charge on any atom is -0.348 e. The minimum absolute atomic E-state index is 0.0527. The Kier molecular flexibility index (Phi) is 5.87. The van der Waals surface area contributed by atoms with Crippen molar-refractivity contribution in [3.05, 3.63) is 44.0 Å². The Balaban J connectivity index is 2.29. The summed E-state index contributed by atoms with van der Waals surface area (Å²) in [5.74, 6) is -26.9. The first kappa shape index (κ1) is 23.3. The highest BCUT2D eigenvalue weighted by Gasteiger charge is 3.00. The third-order valence-corrected chi connectivity index (χ3v) is 5.20. The van der Waals surface area contributed by atoms with Crippen molar-refractivity contribution in [3.63, 3.8) is 0 Å². The highest BCUT2D eigenvalue weighted by atomic mass is 127. The number of hydrogen-bond donors (Lipinski definition) is 1. The zero-order valence-electron chi connectivity index (χ0n) is 13.2. The maximum absolute atomic E-state index is 14.3. The van der Waals surface area contributed by atoms with Crippen LogP contribution in [0.2, 0.25) is 0 Å². The van der Waals surface area contributed by atoms with E-state index >= 15 is 0 Å². The summed E-state index contributed by atoms with van der Waals surface area (Å²) >= 11 is 4.10. The van der Waals surface area contributed by atoms with Crippen LogP contribution in [0.1, 0.15) is 10.4 Å². The third-order valence-electron chi connectivity index (χ3n) is 3.98. The molecule has 1 N–H and O–H groups in total. The van der Waals surface area contributed by atoms with Crippen LogP contribution in [0.5, 0.6) is 0 Å². The molecule has 0 atom stereocenters. The Labute approximate surface area is 173 Å². The molecule has 1 fully saturated rings. The number of hydrogen-bond acceptors (Lipinski definition) is 1. The highest BCUT2D eigenvalue weighted by Crippen LogP contribution is 2.69. The lowest BCUT2D eigenvalue weighted by atomic mass is 9.96. The molecule has 1 aromatic rings. The van der Waals surface area contributed by atoms with E-state index in [0.717, 1.165) is 22.6 Å². The smallest absolute Gasteiger partial charge is 0.348 e. The van der Waals surface area contributed by atoms with Crippen molar-refractivity contribution in [1.29, 1.82) is 0 Å². The summed E-state index contributed by atoms with van der Waals surface area (Å²) < 4.78 is 121. The van der Waals surface area contributed by atoms with Crippen LogP contribution in [0.25, 0.3) is 0 Å². The maximum Gasteiger partial charge on any atom is 0.382 e. The molecule has 1 aromatic carbocycles. The van der Waals surface area contributed by atoms with Crippen LogP contribution < -0.4 is 5.32 Å². The molecular weight excluding hydrogens is 588 g/mol. The van der Waals surface area contributed by atoms with Gasteiger partial charge in [-0.05, 0) is 52.9 Å². The zero-order chi connectivity index (χ0) is 21.8. The number of alkyl halides is 9. The molecule has 1 aliphatic rings. The van der Waals surface area contributed by atoms with Crippen LogP contribution in [-0.2, 0) is 0 Å². The Morgan fingerprint density at radius 3 is 1.75 bits per heavy atom. The number of allylic oxidation sites excluding steroid dienone is 1. The number of amides is 1. The fourth-order valence-electron chi connectivity index (χ4n) is 2.36. The number of benzene rings is 1. The van der Waals surface area contributed by atoms with Gasteiger partial charge in [0.25, 0.3) is 11.6 Å². The quantitative estimate of drug-likeness (QED) is 0.348. The van der Waals surface area contributed by atoms with Gasteiger partial charge in [-0.3, -0.25) is 4.79 Å². The maximum atomic E-state index is 14.3. The van der Waals surface area contributed by atoms with Crippen LogP contribution >= 0.6 is 38.5 Å². The van der Waals surface area contributed by atoms with E-state index in [1.165, 1.54) is 24.3 Å². The van der Waals surface area contributed by atoms with Crippen molar-refractivity contribution in [2.45, 2.75) is 29.4 Å². The highest BCUT2D eigenvalue weighted by molar-refractivity contribution is 14.1. The van der Waals surface area contributed by atoms with E-state index in [1.807, 2.05) is 5.32 Å². The molecule has 0 spiro atoms. The second-order valence-electron chi connectivity index (χ2n) is 5.79. The lowest BCUT2D eigenvalue weighted by molar-refractivity contribution is -0.303. The fourth-order valence-corrected chi connectivity index (χ4v) is 3.25. The van der Waals surface area contributed by atoms with Crippen LogP contribution in [0, 0.1) is 0 Å². The van der Waals surface area contributed by atoms with Crippen molar-refractivity contribution in [2.75, 3.05) is 6.54 Å². The Bertz CT molecular complexity index is 784.